The summed E-state index contributed by atoms with van der Waals surface area (Å²) in [5, 5.41) is 25.1. The molecule has 0 saturated heterocycles. The highest BCUT2D eigenvalue weighted by Crippen LogP contribution is 2.27. The minimum atomic E-state index is -1.28. The lowest BCUT2D eigenvalue weighted by Gasteiger charge is -2.22. The number of para-hydroxylation sites is 1. The molecule has 1 aromatic heterocycles. The van der Waals surface area contributed by atoms with Gasteiger partial charge in [-0.05, 0) is 24.6 Å². The molecule has 0 aliphatic heterocycles. The Balaban J connectivity index is 1.69. The van der Waals surface area contributed by atoms with Crippen molar-refractivity contribution < 1.29 is 19.8 Å². The summed E-state index contributed by atoms with van der Waals surface area (Å²) in [4.78, 5) is 28.1. The number of aromatic nitrogens is 1. The minimum Gasteiger partial charge on any atom is -0.465 e. The molecule has 3 atom stereocenters. The van der Waals surface area contributed by atoms with E-state index in [-0.39, 0.29) is 6.42 Å². The zero-order valence-corrected chi connectivity index (χ0v) is 16.0. The third kappa shape index (κ3) is 4.85. The number of carboxylic acid groups (broad SMARTS) is 1. The normalized spacial score (nSPS) is 14.2. The Morgan fingerprint density at radius 1 is 1.07 bits per heavy atom. The summed E-state index contributed by atoms with van der Waals surface area (Å²) >= 11 is 1.36. The largest absolute Gasteiger partial charge is 0.465 e. The number of carbonyl (C=O) groups is 2. The second-order valence-electron chi connectivity index (χ2n) is 6.45. The summed E-state index contributed by atoms with van der Waals surface area (Å²) in [7, 11) is 0. The molecule has 8 heteroatoms. The molecule has 7 nitrogen and oxygen atoms in total. The van der Waals surface area contributed by atoms with E-state index in [9.17, 15) is 14.7 Å². The molecule has 0 fully saturated rings. The highest BCUT2D eigenvalue weighted by molar-refractivity contribution is 7.18. The number of amides is 2. The molecule has 4 N–H and O–H groups in total. The van der Waals surface area contributed by atoms with Crippen molar-refractivity contribution in [2.75, 3.05) is 0 Å². The fourth-order valence-electron chi connectivity index (χ4n) is 2.84. The number of fused-ring (bicyclic) bond motifs is 1. The molecule has 0 radical (unpaired) electrons. The van der Waals surface area contributed by atoms with Gasteiger partial charge in [0, 0.05) is 6.42 Å². The third-order valence-corrected chi connectivity index (χ3v) is 5.41. The van der Waals surface area contributed by atoms with Gasteiger partial charge in [-0.2, -0.15) is 0 Å². The monoisotopic (exact) mass is 399 g/mol. The molecule has 3 aromatic rings. The van der Waals surface area contributed by atoms with Gasteiger partial charge < -0.3 is 20.8 Å². The van der Waals surface area contributed by atoms with Gasteiger partial charge in [-0.25, -0.2) is 9.78 Å². The molecule has 28 heavy (non-hydrogen) atoms. The molecule has 2 aromatic carbocycles. The molecule has 1 unspecified atom stereocenters. The van der Waals surface area contributed by atoms with Gasteiger partial charge in [0.1, 0.15) is 17.2 Å². The predicted molar refractivity (Wildman–Crippen MR) is 107 cm³/mol. The van der Waals surface area contributed by atoms with Crippen LogP contribution in [0.25, 0.3) is 10.2 Å². The fourth-order valence-corrected chi connectivity index (χ4v) is 3.90. The van der Waals surface area contributed by atoms with Gasteiger partial charge in [-0.1, -0.05) is 42.5 Å². The molecule has 1 heterocycles. The van der Waals surface area contributed by atoms with E-state index in [0.29, 0.717) is 5.01 Å². The van der Waals surface area contributed by atoms with Crippen LogP contribution in [0.3, 0.4) is 0 Å². The highest BCUT2D eigenvalue weighted by Gasteiger charge is 2.27. The van der Waals surface area contributed by atoms with E-state index in [4.69, 9.17) is 5.11 Å². The molecule has 2 amide bonds. The van der Waals surface area contributed by atoms with Gasteiger partial charge in [0.05, 0.1) is 16.3 Å². The molecule has 0 aliphatic rings. The van der Waals surface area contributed by atoms with Gasteiger partial charge in [0.25, 0.3) is 0 Å². The maximum Gasteiger partial charge on any atom is 0.405 e. The number of hydrogen-bond acceptors (Lipinski definition) is 5. The van der Waals surface area contributed by atoms with Crippen LogP contribution < -0.4 is 10.6 Å². The molecular weight excluding hydrogens is 378 g/mol. The Kier molecular flexibility index (Phi) is 6.23. The summed E-state index contributed by atoms with van der Waals surface area (Å²) in [6.45, 7) is 1.66. The maximum absolute atomic E-state index is 12.6. The standard InChI is InChI=1S/C20H21N3O4S/c1-12(17(24)19-22-14-9-5-6-10-16(14)28-19)21-18(25)15(23-20(26)27)11-13-7-3-2-4-8-13/h2-10,12,15,17,23-24H,11H2,1H3,(H,21,25)(H,26,27)/t12-,15+,17?/m1/s1. The average Bonchev–Trinajstić information content (AvgIpc) is 3.11. The minimum absolute atomic E-state index is 0.211. The number of benzene rings is 2. The summed E-state index contributed by atoms with van der Waals surface area (Å²) in [6, 6.07) is 15.1. The summed E-state index contributed by atoms with van der Waals surface area (Å²) in [5.41, 5.74) is 1.62. The van der Waals surface area contributed by atoms with Crippen LogP contribution in [-0.4, -0.2) is 39.3 Å². The predicted octanol–water partition coefficient (Wildman–Crippen LogP) is 2.71. The Labute approximate surface area is 166 Å². The zero-order chi connectivity index (χ0) is 20.1. The Bertz CT molecular complexity index is 927. The molecule has 146 valence electrons. The number of aliphatic hydroxyl groups excluding tert-OH is 1. The number of hydrogen-bond donors (Lipinski definition) is 4. The number of nitrogens with zero attached hydrogens (tertiary/aromatic N) is 1. The van der Waals surface area contributed by atoms with Crippen LogP contribution in [0.4, 0.5) is 4.79 Å². The van der Waals surface area contributed by atoms with E-state index >= 15 is 0 Å². The number of rotatable bonds is 7. The van der Waals surface area contributed by atoms with Gasteiger partial charge in [-0.15, -0.1) is 11.3 Å². The van der Waals surface area contributed by atoms with Crippen molar-refractivity contribution in [3.63, 3.8) is 0 Å². The molecule has 0 saturated carbocycles. The molecule has 0 bridgehead atoms. The first-order valence-corrected chi connectivity index (χ1v) is 9.63. The van der Waals surface area contributed by atoms with Crippen molar-refractivity contribution in [1.82, 2.24) is 15.6 Å². The first-order valence-electron chi connectivity index (χ1n) is 8.81. The number of aliphatic hydroxyl groups is 1. The number of thiazole rings is 1. The Hall–Kier alpha value is -2.97. The Morgan fingerprint density at radius 2 is 1.75 bits per heavy atom. The van der Waals surface area contributed by atoms with Crippen LogP contribution in [0.2, 0.25) is 0 Å². The van der Waals surface area contributed by atoms with E-state index in [1.165, 1.54) is 11.3 Å². The first-order chi connectivity index (χ1) is 13.4. The van der Waals surface area contributed by atoms with Crippen LogP contribution in [0.15, 0.2) is 54.6 Å². The topological polar surface area (TPSA) is 112 Å². The van der Waals surface area contributed by atoms with Crippen molar-refractivity contribution in [3.05, 3.63) is 65.2 Å². The van der Waals surface area contributed by atoms with Crippen molar-refractivity contribution >= 4 is 33.6 Å². The lowest BCUT2D eigenvalue weighted by atomic mass is 10.0. The van der Waals surface area contributed by atoms with E-state index < -0.39 is 30.2 Å². The smallest absolute Gasteiger partial charge is 0.405 e. The van der Waals surface area contributed by atoms with E-state index in [2.05, 4.69) is 15.6 Å². The van der Waals surface area contributed by atoms with Crippen molar-refractivity contribution in [1.29, 1.82) is 0 Å². The van der Waals surface area contributed by atoms with Gasteiger partial charge in [-0.3, -0.25) is 4.79 Å². The second-order valence-corrected chi connectivity index (χ2v) is 7.52. The second kappa shape index (κ2) is 8.81. The number of carbonyl (C=O) groups excluding carboxylic acids is 1. The van der Waals surface area contributed by atoms with Crippen LogP contribution in [0.1, 0.15) is 23.6 Å². The fraction of sp³-hybridized carbons (Fsp3) is 0.250. The quantitative estimate of drug-likeness (QED) is 0.488. The Morgan fingerprint density at radius 3 is 2.43 bits per heavy atom. The highest BCUT2D eigenvalue weighted by atomic mass is 32.1. The first kappa shape index (κ1) is 19.8. The third-order valence-electron chi connectivity index (χ3n) is 4.30. The summed E-state index contributed by atoms with van der Waals surface area (Å²) in [5.74, 6) is -0.501. The zero-order valence-electron chi connectivity index (χ0n) is 15.2. The van der Waals surface area contributed by atoms with Crippen LogP contribution in [-0.2, 0) is 11.2 Å². The van der Waals surface area contributed by atoms with Crippen molar-refractivity contribution in [2.45, 2.75) is 31.5 Å². The van der Waals surface area contributed by atoms with Crippen LogP contribution in [0, 0.1) is 0 Å². The molecule has 3 rings (SSSR count). The van der Waals surface area contributed by atoms with Gasteiger partial charge in [0.15, 0.2) is 0 Å². The van der Waals surface area contributed by atoms with E-state index in [1.54, 1.807) is 6.92 Å². The molecular formula is C20H21N3O4S. The van der Waals surface area contributed by atoms with Crippen LogP contribution in [0.5, 0.6) is 0 Å². The summed E-state index contributed by atoms with van der Waals surface area (Å²) < 4.78 is 0.949. The van der Waals surface area contributed by atoms with Crippen molar-refractivity contribution in [2.24, 2.45) is 0 Å². The van der Waals surface area contributed by atoms with Gasteiger partial charge >= 0.3 is 6.09 Å². The summed E-state index contributed by atoms with van der Waals surface area (Å²) in [6.07, 6.45) is -2.07. The van der Waals surface area contributed by atoms with Gasteiger partial charge in [0.2, 0.25) is 5.91 Å². The van der Waals surface area contributed by atoms with E-state index in [0.717, 1.165) is 15.8 Å². The molecule has 0 aliphatic carbocycles. The molecule has 0 spiro atoms. The van der Waals surface area contributed by atoms with E-state index in [1.807, 2.05) is 54.6 Å². The maximum atomic E-state index is 12.6. The van der Waals surface area contributed by atoms with Crippen molar-refractivity contribution in [3.8, 4) is 0 Å². The lowest BCUT2D eigenvalue weighted by molar-refractivity contribution is -0.124. The number of nitrogens with one attached hydrogen (secondary N) is 2. The SMILES string of the molecule is C[C@@H](NC(=O)[C@H](Cc1ccccc1)NC(=O)O)C(O)c1nc2ccccc2s1. The lowest BCUT2D eigenvalue weighted by Crippen LogP contribution is -2.51. The average molecular weight is 399 g/mol. The van der Waals surface area contributed by atoms with Crippen LogP contribution >= 0.6 is 11.3 Å².